The number of nitrogens with zero attached hydrogens (tertiary/aromatic N) is 1. The third kappa shape index (κ3) is 2.98. The Kier molecular flexibility index (Phi) is 4.88. The molecule has 0 atom stereocenters. The highest BCUT2D eigenvalue weighted by molar-refractivity contribution is 5.90. The summed E-state index contributed by atoms with van der Waals surface area (Å²) in [5, 5.41) is 9.78. The molecule has 5 heteroatoms. The van der Waals surface area contributed by atoms with Crippen LogP contribution in [0.25, 0.3) is 0 Å². The van der Waals surface area contributed by atoms with E-state index >= 15 is 0 Å². The number of hydrogen-bond acceptors (Lipinski definition) is 5. The van der Waals surface area contributed by atoms with Crippen LogP contribution in [0.5, 0.6) is 23.0 Å². The molecule has 0 aliphatic heterocycles. The first-order chi connectivity index (χ1) is 10.6. The Morgan fingerprint density at radius 1 is 1.00 bits per heavy atom. The number of ether oxygens (including phenoxy) is 3. The highest BCUT2D eigenvalue weighted by Crippen LogP contribution is 2.41. The van der Waals surface area contributed by atoms with Crippen molar-refractivity contribution >= 4 is 11.9 Å². The Balaban J connectivity index is 2.53. The second-order valence-corrected chi connectivity index (χ2v) is 4.62. The SMILES string of the molecule is COc1cc(C)c(C=Nc2ccccc2O)c(OC)c1OC. The van der Waals surface area contributed by atoms with Crippen LogP contribution >= 0.6 is 0 Å². The van der Waals surface area contributed by atoms with Crippen molar-refractivity contribution in [3.8, 4) is 23.0 Å². The highest BCUT2D eigenvalue weighted by Gasteiger charge is 2.17. The molecule has 0 spiro atoms. The zero-order chi connectivity index (χ0) is 16.1. The third-order valence-corrected chi connectivity index (χ3v) is 3.29. The van der Waals surface area contributed by atoms with Crippen LogP contribution in [-0.4, -0.2) is 32.7 Å². The Hall–Kier alpha value is -2.69. The maximum atomic E-state index is 9.78. The van der Waals surface area contributed by atoms with Crippen molar-refractivity contribution in [1.29, 1.82) is 0 Å². The number of aromatic hydroxyl groups is 1. The summed E-state index contributed by atoms with van der Waals surface area (Å²) in [5.41, 5.74) is 2.18. The van der Waals surface area contributed by atoms with Crippen LogP contribution in [0.2, 0.25) is 0 Å². The lowest BCUT2D eigenvalue weighted by Gasteiger charge is -2.16. The molecule has 0 amide bonds. The summed E-state index contributed by atoms with van der Waals surface area (Å²) >= 11 is 0. The Morgan fingerprint density at radius 3 is 2.27 bits per heavy atom. The molecule has 1 N–H and O–H groups in total. The quantitative estimate of drug-likeness (QED) is 0.859. The Labute approximate surface area is 129 Å². The van der Waals surface area contributed by atoms with Crippen LogP contribution in [0.1, 0.15) is 11.1 Å². The largest absolute Gasteiger partial charge is 0.506 e. The zero-order valence-electron chi connectivity index (χ0n) is 13.1. The van der Waals surface area contributed by atoms with Gasteiger partial charge in [0.15, 0.2) is 11.5 Å². The number of aryl methyl sites for hydroxylation is 1. The predicted octanol–water partition coefficient (Wildman–Crippen LogP) is 3.48. The second kappa shape index (κ2) is 6.85. The van der Waals surface area contributed by atoms with Gasteiger partial charge in [0.1, 0.15) is 11.4 Å². The molecular weight excluding hydrogens is 282 g/mol. The van der Waals surface area contributed by atoms with Crippen LogP contribution in [0.15, 0.2) is 35.3 Å². The van der Waals surface area contributed by atoms with Crippen LogP contribution in [0.4, 0.5) is 5.69 Å². The van der Waals surface area contributed by atoms with E-state index in [0.29, 0.717) is 22.9 Å². The average molecular weight is 301 g/mol. The molecular formula is C17H19NO4. The fourth-order valence-electron chi connectivity index (χ4n) is 2.17. The minimum Gasteiger partial charge on any atom is -0.506 e. The third-order valence-electron chi connectivity index (χ3n) is 3.29. The predicted molar refractivity (Wildman–Crippen MR) is 86.2 cm³/mol. The Morgan fingerprint density at radius 2 is 1.68 bits per heavy atom. The van der Waals surface area contributed by atoms with Crippen molar-refractivity contribution in [2.75, 3.05) is 21.3 Å². The zero-order valence-corrected chi connectivity index (χ0v) is 13.1. The normalized spacial score (nSPS) is 10.7. The summed E-state index contributed by atoms with van der Waals surface area (Å²) in [6.07, 6.45) is 1.64. The van der Waals surface area contributed by atoms with Gasteiger partial charge in [0, 0.05) is 11.8 Å². The molecule has 0 aliphatic rings. The number of aliphatic imine (C=N–C) groups is 1. The summed E-state index contributed by atoms with van der Waals surface area (Å²) in [6, 6.07) is 8.73. The van der Waals surface area contributed by atoms with Gasteiger partial charge in [-0.05, 0) is 30.7 Å². The van der Waals surface area contributed by atoms with Gasteiger partial charge in [-0.15, -0.1) is 0 Å². The van der Waals surface area contributed by atoms with E-state index in [9.17, 15) is 5.11 Å². The molecule has 0 fully saturated rings. The lowest BCUT2D eigenvalue weighted by atomic mass is 10.1. The molecule has 5 nitrogen and oxygen atoms in total. The summed E-state index contributed by atoms with van der Waals surface area (Å²) in [6.45, 7) is 1.93. The van der Waals surface area contributed by atoms with E-state index < -0.39 is 0 Å². The number of phenolic OH excluding ortho intramolecular Hbond substituents is 1. The van der Waals surface area contributed by atoms with Crippen molar-refractivity contribution in [2.45, 2.75) is 6.92 Å². The van der Waals surface area contributed by atoms with Crippen molar-refractivity contribution in [3.63, 3.8) is 0 Å². The van der Waals surface area contributed by atoms with Crippen molar-refractivity contribution < 1.29 is 19.3 Å². The van der Waals surface area contributed by atoms with Gasteiger partial charge in [0.25, 0.3) is 0 Å². The first kappa shape index (κ1) is 15.7. The number of phenols is 1. The maximum absolute atomic E-state index is 9.78. The van der Waals surface area contributed by atoms with Gasteiger partial charge in [-0.25, -0.2) is 0 Å². The second-order valence-electron chi connectivity index (χ2n) is 4.62. The first-order valence-corrected chi connectivity index (χ1v) is 6.74. The summed E-state index contributed by atoms with van der Waals surface area (Å²) in [7, 11) is 4.69. The van der Waals surface area contributed by atoms with Gasteiger partial charge in [-0.2, -0.15) is 0 Å². The van der Waals surface area contributed by atoms with Crippen molar-refractivity contribution in [3.05, 3.63) is 41.5 Å². The van der Waals surface area contributed by atoms with Gasteiger partial charge in [-0.3, -0.25) is 4.99 Å². The van der Waals surface area contributed by atoms with E-state index in [2.05, 4.69) is 4.99 Å². The summed E-state index contributed by atoms with van der Waals surface area (Å²) < 4.78 is 16.1. The molecule has 0 heterocycles. The van der Waals surface area contributed by atoms with E-state index in [-0.39, 0.29) is 5.75 Å². The minimum absolute atomic E-state index is 0.121. The Bertz CT molecular complexity index is 695. The summed E-state index contributed by atoms with van der Waals surface area (Å²) in [5.74, 6) is 1.76. The monoisotopic (exact) mass is 301 g/mol. The molecule has 0 radical (unpaired) electrons. The molecule has 2 aromatic carbocycles. The minimum atomic E-state index is 0.121. The van der Waals surface area contributed by atoms with Crippen molar-refractivity contribution in [2.24, 2.45) is 4.99 Å². The number of methoxy groups -OCH3 is 3. The van der Waals surface area contributed by atoms with Crippen LogP contribution < -0.4 is 14.2 Å². The molecule has 116 valence electrons. The van der Waals surface area contributed by atoms with Gasteiger partial charge < -0.3 is 19.3 Å². The van der Waals surface area contributed by atoms with Crippen LogP contribution in [0.3, 0.4) is 0 Å². The molecule has 0 aliphatic carbocycles. The number of benzene rings is 2. The molecule has 0 aromatic heterocycles. The lowest BCUT2D eigenvalue weighted by molar-refractivity contribution is 0.323. The van der Waals surface area contributed by atoms with E-state index in [4.69, 9.17) is 14.2 Å². The number of hydrogen-bond donors (Lipinski definition) is 1. The molecule has 0 saturated carbocycles. The van der Waals surface area contributed by atoms with E-state index in [1.54, 1.807) is 45.7 Å². The van der Waals surface area contributed by atoms with Gasteiger partial charge in [0.05, 0.1) is 21.3 Å². The summed E-state index contributed by atoms with van der Waals surface area (Å²) in [4.78, 5) is 4.32. The fraction of sp³-hybridized carbons (Fsp3) is 0.235. The number of para-hydroxylation sites is 2. The van der Waals surface area contributed by atoms with Gasteiger partial charge >= 0.3 is 0 Å². The van der Waals surface area contributed by atoms with E-state index in [1.165, 1.54) is 0 Å². The fourth-order valence-corrected chi connectivity index (χ4v) is 2.17. The topological polar surface area (TPSA) is 60.3 Å². The smallest absolute Gasteiger partial charge is 0.203 e. The standard InChI is InChI=1S/C17H19NO4/c1-11-9-15(20-2)17(22-4)16(21-3)12(11)10-18-13-7-5-6-8-14(13)19/h5-10,19H,1-4H3. The molecule has 22 heavy (non-hydrogen) atoms. The molecule has 0 saturated heterocycles. The van der Waals surface area contributed by atoms with E-state index in [1.807, 2.05) is 19.1 Å². The van der Waals surface area contributed by atoms with E-state index in [0.717, 1.165) is 11.1 Å². The maximum Gasteiger partial charge on any atom is 0.203 e. The average Bonchev–Trinajstić information content (AvgIpc) is 2.53. The highest BCUT2D eigenvalue weighted by atomic mass is 16.5. The van der Waals surface area contributed by atoms with Gasteiger partial charge in [0.2, 0.25) is 5.75 Å². The number of rotatable bonds is 5. The van der Waals surface area contributed by atoms with Gasteiger partial charge in [-0.1, -0.05) is 12.1 Å². The molecule has 2 rings (SSSR count). The van der Waals surface area contributed by atoms with Crippen LogP contribution in [0, 0.1) is 6.92 Å². The molecule has 0 bridgehead atoms. The lowest BCUT2D eigenvalue weighted by Crippen LogP contribution is -2.01. The molecule has 0 unspecified atom stereocenters. The molecule has 2 aromatic rings. The van der Waals surface area contributed by atoms with Crippen LogP contribution in [-0.2, 0) is 0 Å². The van der Waals surface area contributed by atoms with Crippen molar-refractivity contribution in [1.82, 2.24) is 0 Å². The first-order valence-electron chi connectivity index (χ1n) is 6.74.